The monoisotopic (exact) mass is 489 g/mol. The second kappa shape index (κ2) is 10.1. The number of nitrogens with one attached hydrogen (secondary N) is 1. The highest BCUT2D eigenvalue weighted by Crippen LogP contribution is 2.38. The SMILES string of the molecule is CCOC(=O)c1cc(C2=NN(C(=O)c3ccccc3)C(O)(c3ccc(F)cc3)C2)ccc1NC(C)=O. The summed E-state index contributed by atoms with van der Waals surface area (Å²) in [4.78, 5) is 37.6. The van der Waals surface area contributed by atoms with Crippen molar-refractivity contribution in [1.29, 1.82) is 0 Å². The van der Waals surface area contributed by atoms with Crippen molar-refractivity contribution in [2.24, 2.45) is 5.10 Å². The quantitative estimate of drug-likeness (QED) is 0.508. The fraction of sp³-hybridized carbons (Fsp3) is 0.185. The van der Waals surface area contributed by atoms with Crippen LogP contribution in [0.1, 0.15) is 52.1 Å². The molecule has 0 spiro atoms. The van der Waals surface area contributed by atoms with E-state index < -0.39 is 23.4 Å². The van der Waals surface area contributed by atoms with Crippen LogP contribution in [0.25, 0.3) is 0 Å². The molecule has 0 saturated carbocycles. The van der Waals surface area contributed by atoms with E-state index in [4.69, 9.17) is 4.74 Å². The number of hydrogen-bond donors (Lipinski definition) is 2. The van der Waals surface area contributed by atoms with Crippen molar-refractivity contribution in [3.8, 4) is 0 Å². The Morgan fingerprint density at radius 2 is 1.78 bits per heavy atom. The van der Waals surface area contributed by atoms with Crippen LogP contribution in [0.3, 0.4) is 0 Å². The Bertz CT molecular complexity index is 1340. The number of ether oxygens (including phenoxy) is 1. The maximum Gasteiger partial charge on any atom is 0.340 e. The number of aliphatic hydroxyl groups is 1. The van der Waals surface area contributed by atoms with Crippen molar-refractivity contribution < 1.29 is 28.6 Å². The third-order valence-electron chi connectivity index (χ3n) is 5.66. The Balaban J connectivity index is 1.80. The molecule has 1 aliphatic heterocycles. The largest absolute Gasteiger partial charge is 0.462 e. The van der Waals surface area contributed by atoms with Crippen molar-refractivity contribution >= 4 is 29.2 Å². The van der Waals surface area contributed by atoms with Gasteiger partial charge in [-0.15, -0.1) is 0 Å². The van der Waals surface area contributed by atoms with E-state index in [9.17, 15) is 23.9 Å². The highest BCUT2D eigenvalue weighted by atomic mass is 19.1. The lowest BCUT2D eigenvalue weighted by Crippen LogP contribution is -2.43. The lowest BCUT2D eigenvalue weighted by molar-refractivity contribution is -0.114. The third kappa shape index (κ3) is 4.87. The zero-order valence-corrected chi connectivity index (χ0v) is 19.7. The Kier molecular flexibility index (Phi) is 6.93. The molecule has 9 heteroatoms. The molecule has 0 bridgehead atoms. The van der Waals surface area contributed by atoms with Gasteiger partial charge in [0.05, 0.1) is 23.6 Å². The molecule has 3 aromatic rings. The summed E-state index contributed by atoms with van der Waals surface area (Å²) in [6.07, 6.45) is -0.126. The summed E-state index contributed by atoms with van der Waals surface area (Å²) in [5, 5.41) is 19.7. The van der Waals surface area contributed by atoms with E-state index in [1.807, 2.05) is 0 Å². The summed E-state index contributed by atoms with van der Waals surface area (Å²) in [7, 11) is 0. The number of hydrogen-bond acceptors (Lipinski definition) is 6. The van der Waals surface area contributed by atoms with E-state index >= 15 is 0 Å². The maximum atomic E-state index is 13.6. The topological polar surface area (TPSA) is 108 Å². The van der Waals surface area contributed by atoms with Crippen LogP contribution in [0, 0.1) is 5.82 Å². The van der Waals surface area contributed by atoms with Crippen LogP contribution in [0.5, 0.6) is 0 Å². The summed E-state index contributed by atoms with van der Waals surface area (Å²) in [5.41, 5.74) is -0.221. The van der Waals surface area contributed by atoms with Crippen LogP contribution >= 0.6 is 0 Å². The number of carbonyl (C=O) groups excluding carboxylic acids is 3. The minimum absolute atomic E-state index is 0.102. The van der Waals surface area contributed by atoms with Crippen molar-refractivity contribution in [2.75, 3.05) is 11.9 Å². The summed E-state index contributed by atoms with van der Waals surface area (Å²) in [6.45, 7) is 3.11. The molecule has 0 radical (unpaired) electrons. The predicted molar refractivity (Wildman–Crippen MR) is 131 cm³/mol. The van der Waals surface area contributed by atoms with E-state index in [1.165, 1.54) is 43.3 Å². The van der Waals surface area contributed by atoms with E-state index in [0.29, 0.717) is 16.8 Å². The number of esters is 1. The number of nitrogens with zero attached hydrogens (tertiary/aromatic N) is 2. The van der Waals surface area contributed by atoms with Gasteiger partial charge in [0.15, 0.2) is 5.72 Å². The highest BCUT2D eigenvalue weighted by Gasteiger charge is 2.46. The first-order valence-corrected chi connectivity index (χ1v) is 11.3. The maximum absolute atomic E-state index is 13.6. The van der Waals surface area contributed by atoms with Gasteiger partial charge in [0.2, 0.25) is 5.91 Å². The second-order valence-electron chi connectivity index (χ2n) is 8.19. The first-order valence-electron chi connectivity index (χ1n) is 11.3. The van der Waals surface area contributed by atoms with Gasteiger partial charge in [-0.2, -0.15) is 10.1 Å². The molecule has 0 aliphatic carbocycles. The van der Waals surface area contributed by atoms with Crippen LogP contribution < -0.4 is 5.32 Å². The number of rotatable bonds is 6. The predicted octanol–water partition coefficient (Wildman–Crippen LogP) is 4.06. The summed E-state index contributed by atoms with van der Waals surface area (Å²) in [5.74, 6) is -2.06. The lowest BCUT2D eigenvalue weighted by atomic mass is 9.93. The van der Waals surface area contributed by atoms with Crippen LogP contribution in [-0.2, 0) is 15.3 Å². The fourth-order valence-electron chi connectivity index (χ4n) is 3.96. The molecule has 8 nitrogen and oxygen atoms in total. The van der Waals surface area contributed by atoms with Gasteiger partial charge < -0.3 is 15.2 Å². The Labute approximate surface area is 207 Å². The van der Waals surface area contributed by atoms with Crippen LogP contribution in [0.4, 0.5) is 10.1 Å². The molecular formula is C27H24FN3O5. The smallest absolute Gasteiger partial charge is 0.340 e. The van der Waals surface area contributed by atoms with Gasteiger partial charge in [-0.25, -0.2) is 9.18 Å². The van der Waals surface area contributed by atoms with E-state index in [0.717, 1.165) is 5.01 Å². The molecule has 1 heterocycles. The molecule has 2 amide bonds. The highest BCUT2D eigenvalue weighted by molar-refractivity contribution is 6.08. The van der Waals surface area contributed by atoms with E-state index in [1.54, 1.807) is 43.3 Å². The van der Waals surface area contributed by atoms with Gasteiger partial charge in [-0.05, 0) is 48.9 Å². The van der Waals surface area contributed by atoms with Crippen molar-refractivity contribution in [2.45, 2.75) is 26.0 Å². The summed E-state index contributed by atoms with van der Waals surface area (Å²) in [6, 6.07) is 18.1. The van der Waals surface area contributed by atoms with Crippen LogP contribution in [0.2, 0.25) is 0 Å². The first-order chi connectivity index (χ1) is 17.2. The minimum atomic E-state index is -1.91. The number of halogens is 1. The molecule has 3 aromatic carbocycles. The Hall–Kier alpha value is -4.37. The van der Waals surface area contributed by atoms with Crippen LogP contribution in [0.15, 0.2) is 77.9 Å². The standard InChI is InChI=1S/C27H24FN3O5/c1-3-36-26(34)22-15-19(9-14-23(22)29-17(2)32)24-16-27(35,20-10-12-21(28)13-11-20)31(30-24)25(33)18-7-5-4-6-8-18/h4-15,35H,3,16H2,1-2H3,(H,29,32). The van der Waals surface area contributed by atoms with Crippen molar-refractivity contribution in [1.82, 2.24) is 5.01 Å². The molecule has 1 unspecified atom stereocenters. The Morgan fingerprint density at radius 3 is 2.42 bits per heavy atom. The molecule has 1 aliphatic rings. The molecular weight excluding hydrogens is 465 g/mol. The number of carbonyl (C=O) groups is 3. The van der Waals surface area contributed by atoms with Gasteiger partial charge in [-0.1, -0.05) is 36.4 Å². The average Bonchev–Trinajstić information content (AvgIpc) is 3.23. The van der Waals surface area contributed by atoms with Crippen molar-refractivity contribution in [3.63, 3.8) is 0 Å². The molecule has 184 valence electrons. The van der Waals surface area contributed by atoms with Crippen molar-refractivity contribution in [3.05, 3.63) is 101 Å². The number of hydrazone groups is 1. The van der Waals surface area contributed by atoms with Gasteiger partial charge in [0.25, 0.3) is 5.91 Å². The van der Waals surface area contributed by atoms with E-state index in [2.05, 4.69) is 10.4 Å². The van der Waals surface area contributed by atoms with Gasteiger partial charge >= 0.3 is 5.97 Å². The molecule has 2 N–H and O–H groups in total. The average molecular weight is 490 g/mol. The zero-order chi connectivity index (χ0) is 25.9. The third-order valence-corrected chi connectivity index (χ3v) is 5.66. The fourth-order valence-corrected chi connectivity index (χ4v) is 3.96. The molecule has 0 fully saturated rings. The normalized spacial score (nSPS) is 16.9. The van der Waals surface area contributed by atoms with Gasteiger partial charge in [0.1, 0.15) is 5.82 Å². The van der Waals surface area contributed by atoms with Gasteiger partial charge in [-0.3, -0.25) is 9.59 Å². The molecule has 0 saturated heterocycles. The molecule has 1 atom stereocenters. The minimum Gasteiger partial charge on any atom is -0.462 e. The summed E-state index contributed by atoms with van der Waals surface area (Å²) < 4.78 is 18.7. The molecule has 0 aromatic heterocycles. The number of amides is 2. The molecule has 36 heavy (non-hydrogen) atoms. The summed E-state index contributed by atoms with van der Waals surface area (Å²) >= 11 is 0. The Morgan fingerprint density at radius 1 is 1.08 bits per heavy atom. The second-order valence-corrected chi connectivity index (χ2v) is 8.19. The van der Waals surface area contributed by atoms with E-state index in [-0.39, 0.29) is 35.7 Å². The first kappa shape index (κ1) is 24.7. The lowest BCUT2D eigenvalue weighted by Gasteiger charge is -2.31. The number of benzene rings is 3. The zero-order valence-electron chi connectivity index (χ0n) is 19.7. The van der Waals surface area contributed by atoms with Gasteiger partial charge in [0, 0.05) is 24.5 Å². The number of anilines is 1. The van der Waals surface area contributed by atoms with Crippen LogP contribution in [-0.4, -0.2) is 40.2 Å². The molecule has 4 rings (SSSR count).